The van der Waals surface area contributed by atoms with Gasteiger partial charge in [0.05, 0.1) is 6.61 Å². The van der Waals surface area contributed by atoms with E-state index < -0.39 is 0 Å². The molecule has 2 N–H and O–H groups in total. The summed E-state index contributed by atoms with van der Waals surface area (Å²) < 4.78 is 5.61. The summed E-state index contributed by atoms with van der Waals surface area (Å²) in [4.78, 5) is 0. The zero-order valence-corrected chi connectivity index (χ0v) is 10.2. The van der Waals surface area contributed by atoms with Gasteiger partial charge in [-0.15, -0.1) is 0 Å². The highest BCUT2D eigenvalue weighted by Gasteiger charge is 1.97. The van der Waals surface area contributed by atoms with E-state index >= 15 is 0 Å². The third-order valence-corrected chi connectivity index (χ3v) is 2.64. The van der Waals surface area contributed by atoms with E-state index in [-0.39, 0.29) is 0 Å². The summed E-state index contributed by atoms with van der Waals surface area (Å²) in [5.74, 6) is 0.798. The molecule has 0 bridgehead atoms. The number of hydrogen-bond acceptors (Lipinski definition) is 2. The molecule has 2 rings (SSSR count). The second-order valence-corrected chi connectivity index (χ2v) is 4.24. The van der Waals surface area contributed by atoms with Gasteiger partial charge in [0.1, 0.15) is 5.75 Å². The molecule has 2 aromatic rings. The number of anilines is 1. The van der Waals surface area contributed by atoms with Crippen LogP contribution in [0.1, 0.15) is 5.56 Å². The lowest BCUT2D eigenvalue weighted by atomic mass is 10.2. The third-order valence-electron chi connectivity index (χ3n) is 2.41. The molecule has 0 aliphatic heterocycles. The van der Waals surface area contributed by atoms with Crippen LogP contribution in [-0.2, 0) is 6.42 Å². The van der Waals surface area contributed by atoms with Crippen LogP contribution in [0.25, 0.3) is 0 Å². The van der Waals surface area contributed by atoms with E-state index in [1.165, 1.54) is 5.56 Å². The molecule has 0 aliphatic rings. The van der Waals surface area contributed by atoms with Crippen molar-refractivity contribution in [1.82, 2.24) is 0 Å². The maximum absolute atomic E-state index is 5.90. The molecule has 0 aromatic heterocycles. The zero-order chi connectivity index (χ0) is 12.1. The van der Waals surface area contributed by atoms with E-state index in [4.69, 9.17) is 22.1 Å². The molecule has 2 nitrogen and oxygen atoms in total. The number of hydrogen-bond donors (Lipinski definition) is 1. The number of ether oxygens (including phenoxy) is 1. The Morgan fingerprint density at radius 1 is 1.06 bits per heavy atom. The van der Waals surface area contributed by atoms with Crippen molar-refractivity contribution in [3.63, 3.8) is 0 Å². The lowest BCUT2D eigenvalue weighted by molar-refractivity contribution is 0.322. The van der Waals surface area contributed by atoms with Crippen LogP contribution in [-0.4, -0.2) is 6.61 Å². The summed E-state index contributed by atoms with van der Waals surface area (Å²) in [5, 5.41) is 0.756. The monoisotopic (exact) mass is 247 g/mol. The molecule has 0 fully saturated rings. The van der Waals surface area contributed by atoms with Crippen molar-refractivity contribution in [2.75, 3.05) is 12.3 Å². The normalized spacial score (nSPS) is 10.2. The van der Waals surface area contributed by atoms with Crippen molar-refractivity contribution in [3.05, 3.63) is 59.1 Å². The van der Waals surface area contributed by atoms with E-state index in [2.05, 4.69) is 0 Å². The average molecular weight is 248 g/mol. The summed E-state index contributed by atoms with van der Waals surface area (Å²) >= 11 is 5.90. The number of halogens is 1. The van der Waals surface area contributed by atoms with Crippen molar-refractivity contribution < 1.29 is 4.74 Å². The fourth-order valence-corrected chi connectivity index (χ4v) is 1.80. The topological polar surface area (TPSA) is 35.2 Å². The van der Waals surface area contributed by atoms with Crippen molar-refractivity contribution in [3.8, 4) is 5.75 Å². The molecular weight excluding hydrogens is 234 g/mol. The second-order valence-electron chi connectivity index (χ2n) is 3.80. The second kappa shape index (κ2) is 5.60. The van der Waals surface area contributed by atoms with Crippen LogP contribution in [0.3, 0.4) is 0 Å². The van der Waals surface area contributed by atoms with Crippen LogP contribution in [0.4, 0.5) is 5.69 Å². The largest absolute Gasteiger partial charge is 0.493 e. The first-order valence-corrected chi connectivity index (χ1v) is 5.84. The zero-order valence-electron chi connectivity index (χ0n) is 9.40. The van der Waals surface area contributed by atoms with Gasteiger partial charge in [0.25, 0.3) is 0 Å². The molecule has 0 unspecified atom stereocenters. The Labute approximate surface area is 106 Å². The Morgan fingerprint density at radius 3 is 2.65 bits per heavy atom. The average Bonchev–Trinajstić information content (AvgIpc) is 2.29. The van der Waals surface area contributed by atoms with Gasteiger partial charge in [0.15, 0.2) is 0 Å². The van der Waals surface area contributed by atoms with E-state index in [1.807, 2.05) is 48.5 Å². The molecule has 17 heavy (non-hydrogen) atoms. The van der Waals surface area contributed by atoms with Crippen molar-refractivity contribution in [2.24, 2.45) is 0 Å². The molecule has 2 aromatic carbocycles. The standard InChI is InChI=1S/C14H14ClNO/c15-12-4-1-3-11(9-12)7-8-17-14-6-2-5-13(16)10-14/h1-6,9-10H,7-8,16H2. The molecular formula is C14H14ClNO. The number of benzene rings is 2. The lowest BCUT2D eigenvalue weighted by Crippen LogP contribution is -2.01. The van der Waals surface area contributed by atoms with E-state index in [0.717, 1.165) is 17.2 Å². The summed E-state index contributed by atoms with van der Waals surface area (Å²) in [6.07, 6.45) is 0.829. The SMILES string of the molecule is Nc1cccc(OCCc2cccc(Cl)c2)c1. The summed E-state index contributed by atoms with van der Waals surface area (Å²) in [6, 6.07) is 15.2. The molecule has 0 atom stereocenters. The Balaban J connectivity index is 1.87. The highest BCUT2D eigenvalue weighted by molar-refractivity contribution is 6.30. The van der Waals surface area contributed by atoms with E-state index in [1.54, 1.807) is 0 Å². The quantitative estimate of drug-likeness (QED) is 0.839. The highest BCUT2D eigenvalue weighted by Crippen LogP contribution is 2.15. The molecule has 0 radical (unpaired) electrons. The van der Waals surface area contributed by atoms with E-state index in [0.29, 0.717) is 12.3 Å². The summed E-state index contributed by atoms with van der Waals surface area (Å²) in [7, 11) is 0. The van der Waals surface area contributed by atoms with Gasteiger partial charge in [-0.25, -0.2) is 0 Å². The third kappa shape index (κ3) is 3.68. The van der Waals surface area contributed by atoms with Gasteiger partial charge in [-0.05, 0) is 29.8 Å². The minimum atomic E-state index is 0.615. The molecule has 3 heteroatoms. The first kappa shape index (κ1) is 11.8. The summed E-state index contributed by atoms with van der Waals surface area (Å²) in [5.41, 5.74) is 7.55. The predicted molar refractivity (Wildman–Crippen MR) is 71.5 cm³/mol. The van der Waals surface area contributed by atoms with Crippen LogP contribution in [0.15, 0.2) is 48.5 Å². The number of nitrogens with two attached hydrogens (primary N) is 1. The van der Waals surface area contributed by atoms with Gasteiger partial charge >= 0.3 is 0 Å². The molecule has 0 aliphatic carbocycles. The van der Waals surface area contributed by atoms with Crippen LogP contribution in [0, 0.1) is 0 Å². The van der Waals surface area contributed by atoms with Crippen LogP contribution < -0.4 is 10.5 Å². The molecule has 0 heterocycles. The first-order chi connectivity index (χ1) is 8.24. The Morgan fingerprint density at radius 2 is 1.88 bits per heavy atom. The van der Waals surface area contributed by atoms with Gasteiger partial charge in [-0.1, -0.05) is 29.8 Å². The van der Waals surface area contributed by atoms with Crippen LogP contribution in [0.2, 0.25) is 5.02 Å². The van der Waals surface area contributed by atoms with Gasteiger partial charge in [-0.3, -0.25) is 0 Å². The number of rotatable bonds is 4. The minimum Gasteiger partial charge on any atom is -0.493 e. The smallest absolute Gasteiger partial charge is 0.121 e. The van der Waals surface area contributed by atoms with E-state index in [9.17, 15) is 0 Å². The van der Waals surface area contributed by atoms with Gasteiger partial charge in [0.2, 0.25) is 0 Å². The predicted octanol–water partition coefficient (Wildman–Crippen LogP) is 3.54. The van der Waals surface area contributed by atoms with Crippen LogP contribution in [0.5, 0.6) is 5.75 Å². The van der Waals surface area contributed by atoms with Crippen LogP contribution >= 0.6 is 11.6 Å². The lowest BCUT2D eigenvalue weighted by Gasteiger charge is -2.07. The maximum atomic E-state index is 5.90. The Kier molecular flexibility index (Phi) is 3.89. The molecule has 88 valence electrons. The molecule has 0 saturated heterocycles. The maximum Gasteiger partial charge on any atom is 0.121 e. The van der Waals surface area contributed by atoms with Gasteiger partial charge in [-0.2, -0.15) is 0 Å². The Hall–Kier alpha value is -1.67. The van der Waals surface area contributed by atoms with Crippen molar-refractivity contribution >= 4 is 17.3 Å². The van der Waals surface area contributed by atoms with Gasteiger partial charge < -0.3 is 10.5 Å². The molecule has 0 saturated carbocycles. The number of nitrogen functional groups attached to an aromatic ring is 1. The minimum absolute atomic E-state index is 0.615. The van der Waals surface area contributed by atoms with Crippen molar-refractivity contribution in [1.29, 1.82) is 0 Å². The fourth-order valence-electron chi connectivity index (χ4n) is 1.58. The van der Waals surface area contributed by atoms with Crippen molar-refractivity contribution in [2.45, 2.75) is 6.42 Å². The highest BCUT2D eigenvalue weighted by atomic mass is 35.5. The fraction of sp³-hybridized carbons (Fsp3) is 0.143. The first-order valence-electron chi connectivity index (χ1n) is 5.47. The Bertz CT molecular complexity index is 454. The summed E-state index contributed by atoms with van der Waals surface area (Å²) in [6.45, 7) is 0.615. The molecule has 0 spiro atoms. The molecule has 0 amide bonds. The van der Waals surface area contributed by atoms with Gasteiger partial charge in [0, 0.05) is 23.2 Å².